The zero-order chi connectivity index (χ0) is 14.8. The molecule has 4 heteroatoms. The summed E-state index contributed by atoms with van der Waals surface area (Å²) in [6.45, 7) is 7.76. The molecule has 0 amide bonds. The van der Waals surface area contributed by atoms with E-state index in [1.54, 1.807) is 0 Å². The highest BCUT2D eigenvalue weighted by Gasteiger charge is 2.29. The molecule has 21 heavy (non-hydrogen) atoms. The first kappa shape index (κ1) is 14.7. The van der Waals surface area contributed by atoms with E-state index in [0.29, 0.717) is 31.2 Å². The van der Waals surface area contributed by atoms with E-state index in [1.807, 2.05) is 6.07 Å². The average molecular weight is 290 g/mol. The number of nitrogens with zero attached hydrogens (tertiary/aromatic N) is 1. The topological polar surface area (TPSA) is 47.7 Å². The lowest BCUT2D eigenvalue weighted by Gasteiger charge is -2.41. The van der Waals surface area contributed by atoms with Gasteiger partial charge in [0, 0.05) is 18.6 Å². The third-order valence-corrected chi connectivity index (χ3v) is 4.91. The summed E-state index contributed by atoms with van der Waals surface area (Å²) in [5.74, 6) is 2.37. The molecule has 0 saturated carbocycles. The Morgan fingerprint density at radius 2 is 2.00 bits per heavy atom. The Kier molecular flexibility index (Phi) is 4.36. The summed E-state index contributed by atoms with van der Waals surface area (Å²) in [4.78, 5) is 2.58. The number of hydrogen-bond acceptors (Lipinski definition) is 4. The van der Waals surface area contributed by atoms with Gasteiger partial charge in [-0.2, -0.15) is 0 Å². The summed E-state index contributed by atoms with van der Waals surface area (Å²) in [6.07, 6.45) is 2.48. The van der Waals surface area contributed by atoms with Crippen LogP contribution in [0.5, 0.6) is 11.5 Å². The summed E-state index contributed by atoms with van der Waals surface area (Å²) >= 11 is 0. The monoisotopic (exact) mass is 290 g/mol. The Balaban J connectivity index is 1.78. The third-order valence-electron chi connectivity index (χ3n) is 4.91. The first-order valence-corrected chi connectivity index (χ1v) is 8.04. The van der Waals surface area contributed by atoms with Crippen molar-refractivity contribution in [3.8, 4) is 11.5 Å². The largest absolute Gasteiger partial charge is 0.486 e. The zero-order valence-corrected chi connectivity index (χ0v) is 13.0. The Bertz CT molecular complexity index is 492. The van der Waals surface area contributed by atoms with Gasteiger partial charge in [0.15, 0.2) is 11.5 Å². The molecule has 0 radical (unpaired) electrons. The van der Waals surface area contributed by atoms with Gasteiger partial charge in [-0.25, -0.2) is 0 Å². The molecule has 3 atom stereocenters. The maximum atomic E-state index is 5.88. The molecule has 2 N–H and O–H groups in total. The minimum absolute atomic E-state index is 0.380. The summed E-state index contributed by atoms with van der Waals surface area (Å²) in [6, 6.07) is 7.32. The standard InChI is InChI=1S/C17H26N2O2/c1-12-3-4-14(10-18)11-19(12)13(2)15-5-6-16-17(9-15)21-8-7-20-16/h5-6,9,12-14H,3-4,7-8,10-11,18H2,1-2H3. The Morgan fingerprint density at radius 1 is 1.24 bits per heavy atom. The quantitative estimate of drug-likeness (QED) is 0.929. The van der Waals surface area contributed by atoms with Gasteiger partial charge in [-0.05, 0) is 56.8 Å². The van der Waals surface area contributed by atoms with E-state index in [0.717, 1.165) is 24.6 Å². The van der Waals surface area contributed by atoms with Crippen molar-refractivity contribution < 1.29 is 9.47 Å². The molecular formula is C17H26N2O2. The van der Waals surface area contributed by atoms with Crippen LogP contribution in [-0.4, -0.2) is 37.2 Å². The normalized spacial score (nSPS) is 27.4. The SMILES string of the molecule is CC1CCC(CN)CN1C(C)c1ccc2c(c1)OCCO2. The van der Waals surface area contributed by atoms with Crippen molar-refractivity contribution in [2.45, 2.75) is 38.8 Å². The Hall–Kier alpha value is -1.26. The van der Waals surface area contributed by atoms with E-state index in [9.17, 15) is 0 Å². The summed E-state index contributed by atoms with van der Waals surface area (Å²) < 4.78 is 11.3. The van der Waals surface area contributed by atoms with Gasteiger partial charge in [0.1, 0.15) is 13.2 Å². The zero-order valence-electron chi connectivity index (χ0n) is 13.0. The van der Waals surface area contributed by atoms with E-state index < -0.39 is 0 Å². The smallest absolute Gasteiger partial charge is 0.161 e. The predicted molar refractivity (Wildman–Crippen MR) is 83.8 cm³/mol. The van der Waals surface area contributed by atoms with Gasteiger partial charge in [0.2, 0.25) is 0 Å². The fourth-order valence-corrected chi connectivity index (χ4v) is 3.46. The molecule has 2 heterocycles. The maximum absolute atomic E-state index is 5.88. The van der Waals surface area contributed by atoms with Crippen molar-refractivity contribution in [3.05, 3.63) is 23.8 Å². The van der Waals surface area contributed by atoms with Crippen molar-refractivity contribution in [1.82, 2.24) is 4.90 Å². The molecule has 116 valence electrons. The number of nitrogens with two attached hydrogens (primary N) is 1. The molecule has 3 unspecified atom stereocenters. The fraction of sp³-hybridized carbons (Fsp3) is 0.647. The highest BCUT2D eigenvalue weighted by Crippen LogP contribution is 2.36. The number of ether oxygens (including phenoxy) is 2. The number of hydrogen-bond donors (Lipinski definition) is 1. The van der Waals surface area contributed by atoms with Crippen LogP contribution in [0, 0.1) is 5.92 Å². The second-order valence-corrected chi connectivity index (χ2v) is 6.30. The van der Waals surface area contributed by atoms with Crippen LogP contribution < -0.4 is 15.2 Å². The molecule has 1 fully saturated rings. The van der Waals surface area contributed by atoms with Gasteiger partial charge in [-0.15, -0.1) is 0 Å². The molecule has 1 aromatic rings. The molecular weight excluding hydrogens is 264 g/mol. The summed E-state index contributed by atoms with van der Waals surface area (Å²) in [7, 11) is 0. The van der Waals surface area contributed by atoms with E-state index in [1.165, 1.54) is 18.4 Å². The lowest BCUT2D eigenvalue weighted by atomic mass is 9.91. The van der Waals surface area contributed by atoms with Crippen LogP contribution >= 0.6 is 0 Å². The second-order valence-electron chi connectivity index (χ2n) is 6.30. The highest BCUT2D eigenvalue weighted by atomic mass is 16.6. The van der Waals surface area contributed by atoms with Crippen molar-refractivity contribution in [1.29, 1.82) is 0 Å². The van der Waals surface area contributed by atoms with Gasteiger partial charge in [0.05, 0.1) is 0 Å². The van der Waals surface area contributed by atoms with Crippen molar-refractivity contribution >= 4 is 0 Å². The molecule has 1 aromatic carbocycles. The number of likely N-dealkylation sites (tertiary alicyclic amines) is 1. The molecule has 3 rings (SSSR count). The van der Waals surface area contributed by atoms with Crippen LogP contribution in [-0.2, 0) is 0 Å². The Labute approximate surface area is 127 Å². The average Bonchev–Trinajstić information content (AvgIpc) is 2.54. The molecule has 1 saturated heterocycles. The van der Waals surface area contributed by atoms with E-state index in [4.69, 9.17) is 15.2 Å². The number of piperidine rings is 1. The van der Waals surface area contributed by atoms with Gasteiger partial charge in [-0.3, -0.25) is 4.90 Å². The molecule has 0 bridgehead atoms. The molecule has 0 aromatic heterocycles. The van der Waals surface area contributed by atoms with Crippen LogP contribution in [0.2, 0.25) is 0 Å². The summed E-state index contributed by atoms with van der Waals surface area (Å²) in [5, 5.41) is 0. The maximum Gasteiger partial charge on any atom is 0.161 e. The number of benzene rings is 1. The van der Waals surface area contributed by atoms with Crippen LogP contribution in [0.15, 0.2) is 18.2 Å². The van der Waals surface area contributed by atoms with Gasteiger partial charge < -0.3 is 15.2 Å². The molecule has 2 aliphatic rings. The number of rotatable bonds is 3. The second kappa shape index (κ2) is 6.24. The van der Waals surface area contributed by atoms with Gasteiger partial charge in [0.25, 0.3) is 0 Å². The minimum atomic E-state index is 0.380. The summed E-state index contributed by atoms with van der Waals surface area (Å²) in [5.41, 5.74) is 7.17. The number of fused-ring (bicyclic) bond motifs is 1. The lowest BCUT2D eigenvalue weighted by Crippen LogP contribution is -2.45. The van der Waals surface area contributed by atoms with Crippen LogP contribution in [0.3, 0.4) is 0 Å². The fourth-order valence-electron chi connectivity index (χ4n) is 3.46. The highest BCUT2D eigenvalue weighted by molar-refractivity contribution is 5.44. The molecule has 2 aliphatic heterocycles. The first-order chi connectivity index (χ1) is 10.2. The first-order valence-electron chi connectivity index (χ1n) is 8.04. The van der Waals surface area contributed by atoms with Crippen LogP contribution in [0.4, 0.5) is 0 Å². The van der Waals surface area contributed by atoms with E-state index in [2.05, 4.69) is 30.9 Å². The third kappa shape index (κ3) is 3.01. The molecule has 4 nitrogen and oxygen atoms in total. The van der Waals surface area contributed by atoms with Gasteiger partial charge >= 0.3 is 0 Å². The van der Waals surface area contributed by atoms with Gasteiger partial charge in [-0.1, -0.05) is 6.07 Å². The molecule has 0 aliphatic carbocycles. The van der Waals surface area contributed by atoms with Crippen LogP contribution in [0.1, 0.15) is 38.3 Å². The Morgan fingerprint density at radius 3 is 2.76 bits per heavy atom. The minimum Gasteiger partial charge on any atom is -0.486 e. The lowest BCUT2D eigenvalue weighted by molar-refractivity contribution is 0.0809. The van der Waals surface area contributed by atoms with E-state index in [-0.39, 0.29) is 0 Å². The van der Waals surface area contributed by atoms with Crippen molar-refractivity contribution in [2.75, 3.05) is 26.3 Å². The van der Waals surface area contributed by atoms with Crippen molar-refractivity contribution in [2.24, 2.45) is 11.7 Å². The predicted octanol–water partition coefficient (Wildman–Crippen LogP) is 2.58. The van der Waals surface area contributed by atoms with E-state index >= 15 is 0 Å². The molecule has 0 spiro atoms. The van der Waals surface area contributed by atoms with Crippen LogP contribution in [0.25, 0.3) is 0 Å². The van der Waals surface area contributed by atoms with Crippen molar-refractivity contribution in [3.63, 3.8) is 0 Å².